The zero-order valence-electron chi connectivity index (χ0n) is 12.5. The Morgan fingerprint density at radius 3 is 2.56 bits per heavy atom. The molecule has 0 aliphatic heterocycles. The molecule has 0 bridgehead atoms. The highest BCUT2D eigenvalue weighted by molar-refractivity contribution is 5.44. The molecule has 102 valence electrons. The molecule has 1 aromatic rings. The Morgan fingerprint density at radius 2 is 1.94 bits per heavy atom. The summed E-state index contributed by atoms with van der Waals surface area (Å²) >= 11 is 0. The molecule has 1 N–H and O–H groups in total. The van der Waals surface area contributed by atoms with Crippen LogP contribution in [-0.4, -0.2) is 19.7 Å². The van der Waals surface area contributed by atoms with Gasteiger partial charge in [-0.2, -0.15) is 0 Å². The molecular formula is C16H27NO. The van der Waals surface area contributed by atoms with Crippen molar-refractivity contribution in [2.24, 2.45) is 0 Å². The van der Waals surface area contributed by atoms with E-state index in [-0.39, 0.29) is 5.41 Å². The Labute approximate surface area is 112 Å². The monoisotopic (exact) mass is 249 g/mol. The molecule has 0 aliphatic rings. The lowest BCUT2D eigenvalue weighted by molar-refractivity contribution is 0.298. The van der Waals surface area contributed by atoms with E-state index in [9.17, 15) is 0 Å². The SMILES string of the molecule is CCNCCCOc1c(C)cccc1C(C)(C)C. The van der Waals surface area contributed by atoms with Gasteiger partial charge in [-0.15, -0.1) is 0 Å². The first-order valence-electron chi connectivity index (χ1n) is 6.90. The summed E-state index contributed by atoms with van der Waals surface area (Å²) in [6, 6.07) is 6.41. The van der Waals surface area contributed by atoms with Gasteiger partial charge in [0, 0.05) is 0 Å². The predicted molar refractivity (Wildman–Crippen MR) is 78.5 cm³/mol. The first-order valence-corrected chi connectivity index (χ1v) is 6.90. The fourth-order valence-electron chi connectivity index (χ4n) is 1.98. The van der Waals surface area contributed by atoms with Gasteiger partial charge in [0.15, 0.2) is 0 Å². The second kappa shape index (κ2) is 6.79. The molecule has 1 rings (SSSR count). The fourth-order valence-corrected chi connectivity index (χ4v) is 1.98. The summed E-state index contributed by atoms with van der Waals surface area (Å²) < 4.78 is 6.00. The Morgan fingerprint density at radius 1 is 1.22 bits per heavy atom. The van der Waals surface area contributed by atoms with Crippen molar-refractivity contribution < 1.29 is 4.74 Å². The van der Waals surface area contributed by atoms with Crippen LogP contribution in [-0.2, 0) is 5.41 Å². The Kier molecular flexibility index (Phi) is 5.67. The largest absolute Gasteiger partial charge is 0.493 e. The molecule has 0 heterocycles. The molecule has 0 saturated carbocycles. The summed E-state index contributed by atoms with van der Waals surface area (Å²) in [6.45, 7) is 13.8. The number of hydrogen-bond acceptors (Lipinski definition) is 2. The van der Waals surface area contributed by atoms with E-state index in [0.717, 1.165) is 31.9 Å². The van der Waals surface area contributed by atoms with Crippen molar-refractivity contribution in [3.63, 3.8) is 0 Å². The Bertz CT molecular complexity index is 366. The van der Waals surface area contributed by atoms with E-state index in [1.807, 2.05) is 0 Å². The van der Waals surface area contributed by atoms with E-state index in [1.54, 1.807) is 0 Å². The van der Waals surface area contributed by atoms with Crippen LogP contribution in [0.25, 0.3) is 0 Å². The van der Waals surface area contributed by atoms with Gasteiger partial charge in [0.25, 0.3) is 0 Å². The molecule has 2 nitrogen and oxygen atoms in total. The van der Waals surface area contributed by atoms with Gasteiger partial charge in [0.05, 0.1) is 6.61 Å². The summed E-state index contributed by atoms with van der Waals surface area (Å²) in [7, 11) is 0. The number of ether oxygens (including phenoxy) is 1. The number of nitrogens with one attached hydrogen (secondary N) is 1. The standard InChI is InChI=1S/C16H27NO/c1-6-17-11-8-12-18-15-13(2)9-7-10-14(15)16(3,4)5/h7,9-10,17H,6,8,11-12H2,1-5H3. The van der Waals surface area contributed by atoms with Crippen LogP contribution < -0.4 is 10.1 Å². The third-order valence-corrected chi connectivity index (χ3v) is 3.01. The predicted octanol–water partition coefficient (Wildman–Crippen LogP) is 3.67. The normalized spacial score (nSPS) is 11.6. The van der Waals surface area contributed by atoms with E-state index in [0.29, 0.717) is 0 Å². The molecule has 0 radical (unpaired) electrons. The Hall–Kier alpha value is -1.02. The summed E-state index contributed by atoms with van der Waals surface area (Å²) in [4.78, 5) is 0. The number of hydrogen-bond donors (Lipinski definition) is 1. The van der Waals surface area contributed by atoms with Crippen LogP contribution in [0.3, 0.4) is 0 Å². The molecule has 0 fully saturated rings. The van der Waals surface area contributed by atoms with Gasteiger partial charge in [-0.25, -0.2) is 0 Å². The van der Waals surface area contributed by atoms with Crippen LogP contribution in [0.2, 0.25) is 0 Å². The highest BCUT2D eigenvalue weighted by Crippen LogP contribution is 2.33. The molecule has 0 saturated heterocycles. The molecule has 0 aliphatic carbocycles. The quantitative estimate of drug-likeness (QED) is 0.777. The van der Waals surface area contributed by atoms with Gasteiger partial charge in [-0.3, -0.25) is 0 Å². The van der Waals surface area contributed by atoms with E-state index < -0.39 is 0 Å². The Balaban J connectivity index is 2.69. The van der Waals surface area contributed by atoms with Crippen LogP contribution in [0.1, 0.15) is 45.2 Å². The molecule has 0 aromatic heterocycles. The first kappa shape index (κ1) is 15.0. The minimum absolute atomic E-state index is 0.128. The van der Waals surface area contributed by atoms with Gasteiger partial charge in [-0.05, 0) is 43.0 Å². The highest BCUT2D eigenvalue weighted by atomic mass is 16.5. The molecule has 0 atom stereocenters. The van der Waals surface area contributed by atoms with Gasteiger partial charge < -0.3 is 10.1 Å². The van der Waals surface area contributed by atoms with Crippen molar-refractivity contribution in [1.82, 2.24) is 5.32 Å². The second-order valence-corrected chi connectivity index (χ2v) is 5.76. The molecule has 2 heteroatoms. The smallest absolute Gasteiger partial charge is 0.125 e. The molecule has 0 amide bonds. The van der Waals surface area contributed by atoms with E-state index in [4.69, 9.17) is 4.74 Å². The van der Waals surface area contributed by atoms with Gasteiger partial charge >= 0.3 is 0 Å². The fraction of sp³-hybridized carbons (Fsp3) is 0.625. The molecular weight excluding hydrogens is 222 g/mol. The number of aryl methyl sites for hydroxylation is 1. The van der Waals surface area contributed by atoms with Crippen molar-refractivity contribution in [2.45, 2.75) is 46.5 Å². The zero-order valence-corrected chi connectivity index (χ0v) is 12.5. The minimum atomic E-state index is 0.128. The van der Waals surface area contributed by atoms with Crippen molar-refractivity contribution >= 4 is 0 Å². The van der Waals surface area contributed by atoms with Crippen LogP contribution in [0.4, 0.5) is 0 Å². The van der Waals surface area contributed by atoms with Crippen molar-refractivity contribution in [1.29, 1.82) is 0 Å². The second-order valence-electron chi connectivity index (χ2n) is 5.76. The van der Waals surface area contributed by atoms with E-state index in [1.165, 1.54) is 11.1 Å². The maximum absolute atomic E-state index is 6.00. The molecule has 0 spiro atoms. The van der Waals surface area contributed by atoms with Gasteiger partial charge in [0.2, 0.25) is 0 Å². The molecule has 0 unspecified atom stereocenters. The minimum Gasteiger partial charge on any atom is -0.493 e. The third kappa shape index (κ3) is 4.34. The lowest BCUT2D eigenvalue weighted by atomic mass is 9.85. The van der Waals surface area contributed by atoms with E-state index >= 15 is 0 Å². The first-order chi connectivity index (χ1) is 8.46. The van der Waals surface area contributed by atoms with Gasteiger partial charge in [-0.1, -0.05) is 45.9 Å². The maximum Gasteiger partial charge on any atom is 0.125 e. The maximum atomic E-state index is 6.00. The van der Waals surface area contributed by atoms with Crippen LogP contribution >= 0.6 is 0 Å². The summed E-state index contributed by atoms with van der Waals surface area (Å²) in [5.41, 5.74) is 2.65. The highest BCUT2D eigenvalue weighted by Gasteiger charge is 2.19. The lowest BCUT2D eigenvalue weighted by Crippen LogP contribution is -2.18. The van der Waals surface area contributed by atoms with Crippen molar-refractivity contribution in [3.05, 3.63) is 29.3 Å². The summed E-state index contributed by atoms with van der Waals surface area (Å²) in [6.07, 6.45) is 1.05. The molecule has 1 aromatic carbocycles. The molecule has 18 heavy (non-hydrogen) atoms. The van der Waals surface area contributed by atoms with Gasteiger partial charge in [0.1, 0.15) is 5.75 Å². The van der Waals surface area contributed by atoms with Crippen molar-refractivity contribution in [3.8, 4) is 5.75 Å². The van der Waals surface area contributed by atoms with Crippen LogP contribution in [0, 0.1) is 6.92 Å². The third-order valence-electron chi connectivity index (χ3n) is 3.01. The number of benzene rings is 1. The van der Waals surface area contributed by atoms with Crippen LogP contribution in [0.15, 0.2) is 18.2 Å². The van der Waals surface area contributed by atoms with Crippen LogP contribution in [0.5, 0.6) is 5.75 Å². The zero-order chi connectivity index (χ0) is 13.6. The topological polar surface area (TPSA) is 21.3 Å². The number of para-hydroxylation sites is 1. The van der Waals surface area contributed by atoms with E-state index in [2.05, 4.69) is 58.1 Å². The lowest BCUT2D eigenvalue weighted by Gasteiger charge is -2.24. The summed E-state index contributed by atoms with van der Waals surface area (Å²) in [5.74, 6) is 1.07. The summed E-state index contributed by atoms with van der Waals surface area (Å²) in [5, 5.41) is 3.31. The van der Waals surface area contributed by atoms with Crippen molar-refractivity contribution in [2.75, 3.05) is 19.7 Å². The average molecular weight is 249 g/mol. The number of rotatable bonds is 6. The average Bonchev–Trinajstić information content (AvgIpc) is 2.29.